The van der Waals surface area contributed by atoms with E-state index in [4.69, 9.17) is 4.74 Å². The Kier molecular flexibility index (Phi) is 7.54. The van der Waals surface area contributed by atoms with Crippen molar-refractivity contribution in [1.82, 2.24) is 10.6 Å². The Hall–Kier alpha value is -2.90. The van der Waals surface area contributed by atoms with Crippen molar-refractivity contribution in [1.29, 1.82) is 0 Å². The number of ether oxygens (including phenoxy) is 1. The number of aliphatic imine (C=N–C) groups is 1. The number of hydrogen-bond acceptors (Lipinski definition) is 3. The van der Waals surface area contributed by atoms with Crippen LogP contribution in [0.1, 0.15) is 23.6 Å². The lowest BCUT2D eigenvalue weighted by atomic mass is 10.1. The van der Waals surface area contributed by atoms with E-state index in [1.54, 1.807) is 24.3 Å². The quantitative estimate of drug-likeness (QED) is 0.494. The predicted molar refractivity (Wildman–Crippen MR) is 103 cm³/mol. The van der Waals surface area contributed by atoms with Crippen molar-refractivity contribution >= 4 is 5.96 Å². The van der Waals surface area contributed by atoms with Crippen molar-refractivity contribution in [2.75, 3.05) is 20.2 Å². The monoisotopic (exact) mass is 395 g/mol. The molecule has 0 atom stereocenters. The van der Waals surface area contributed by atoms with Gasteiger partial charge in [-0.25, -0.2) is 4.99 Å². The summed E-state index contributed by atoms with van der Waals surface area (Å²) in [7, 11) is 1.49. The topological polar surface area (TPSA) is 65.9 Å². The van der Waals surface area contributed by atoms with Crippen molar-refractivity contribution < 1.29 is 23.0 Å². The van der Waals surface area contributed by atoms with Crippen LogP contribution in [0.2, 0.25) is 0 Å². The summed E-state index contributed by atoms with van der Waals surface area (Å²) in [4.78, 5) is 4.33. The van der Waals surface area contributed by atoms with Crippen LogP contribution in [0.5, 0.6) is 11.5 Å². The molecule has 0 radical (unpaired) electrons. The van der Waals surface area contributed by atoms with Crippen LogP contribution in [0.4, 0.5) is 13.2 Å². The van der Waals surface area contributed by atoms with Gasteiger partial charge >= 0.3 is 6.18 Å². The van der Waals surface area contributed by atoms with Gasteiger partial charge in [0.25, 0.3) is 0 Å². The van der Waals surface area contributed by atoms with E-state index < -0.39 is 11.7 Å². The average Bonchev–Trinajstić information content (AvgIpc) is 2.67. The van der Waals surface area contributed by atoms with Gasteiger partial charge in [0.2, 0.25) is 0 Å². The van der Waals surface area contributed by atoms with E-state index in [1.165, 1.54) is 13.2 Å². The van der Waals surface area contributed by atoms with Gasteiger partial charge in [-0.3, -0.25) is 0 Å². The van der Waals surface area contributed by atoms with Gasteiger partial charge in [0, 0.05) is 13.1 Å². The van der Waals surface area contributed by atoms with Gasteiger partial charge in [-0.15, -0.1) is 0 Å². The van der Waals surface area contributed by atoms with Crippen LogP contribution in [0.15, 0.2) is 47.5 Å². The molecule has 0 aliphatic carbocycles. The summed E-state index contributed by atoms with van der Waals surface area (Å²) in [5, 5.41) is 16.3. The smallest absolute Gasteiger partial charge is 0.416 e. The van der Waals surface area contributed by atoms with E-state index in [2.05, 4.69) is 15.6 Å². The zero-order valence-corrected chi connectivity index (χ0v) is 15.8. The summed E-state index contributed by atoms with van der Waals surface area (Å²) in [6.07, 6.45) is -3.85. The largest absolute Gasteiger partial charge is 0.504 e. The molecular weight excluding hydrogens is 371 g/mol. The lowest BCUT2D eigenvalue weighted by molar-refractivity contribution is -0.137. The number of hydrogen-bond donors (Lipinski definition) is 3. The minimum Gasteiger partial charge on any atom is -0.504 e. The van der Waals surface area contributed by atoms with E-state index in [0.29, 0.717) is 36.8 Å². The second-order valence-electron chi connectivity index (χ2n) is 6.04. The fraction of sp³-hybridized carbons (Fsp3) is 0.350. The third-order valence-electron chi connectivity index (χ3n) is 4.01. The fourth-order valence-corrected chi connectivity index (χ4v) is 2.61. The summed E-state index contributed by atoms with van der Waals surface area (Å²) in [5.74, 6) is 0.989. The molecular formula is C20H24F3N3O2. The lowest BCUT2D eigenvalue weighted by Crippen LogP contribution is -2.38. The molecule has 28 heavy (non-hydrogen) atoms. The Morgan fingerprint density at radius 2 is 1.89 bits per heavy atom. The number of para-hydroxylation sites is 1. The van der Waals surface area contributed by atoms with E-state index in [0.717, 1.165) is 17.7 Å². The SMILES string of the molecule is CCNC(=NCc1cccc(C(F)(F)F)c1)NCCc1cccc(OC)c1O. The number of alkyl halides is 3. The molecule has 2 rings (SSSR count). The highest BCUT2D eigenvalue weighted by Crippen LogP contribution is 2.30. The second-order valence-corrected chi connectivity index (χ2v) is 6.04. The van der Waals surface area contributed by atoms with E-state index in [9.17, 15) is 18.3 Å². The van der Waals surface area contributed by atoms with Gasteiger partial charge < -0.3 is 20.5 Å². The first-order valence-corrected chi connectivity index (χ1v) is 8.88. The first-order chi connectivity index (χ1) is 13.3. The number of guanidine groups is 1. The third-order valence-corrected chi connectivity index (χ3v) is 4.01. The molecule has 0 aromatic heterocycles. The maximum Gasteiger partial charge on any atom is 0.416 e. The van der Waals surface area contributed by atoms with Gasteiger partial charge in [-0.2, -0.15) is 13.2 Å². The number of phenols is 1. The number of methoxy groups -OCH3 is 1. The van der Waals surface area contributed by atoms with Gasteiger partial charge in [0.1, 0.15) is 0 Å². The Labute approximate surface area is 162 Å². The van der Waals surface area contributed by atoms with E-state index in [-0.39, 0.29) is 12.3 Å². The molecule has 0 saturated heterocycles. The number of benzene rings is 2. The third kappa shape index (κ3) is 6.07. The maximum atomic E-state index is 12.8. The van der Waals surface area contributed by atoms with Crippen LogP contribution in [-0.2, 0) is 19.1 Å². The maximum absolute atomic E-state index is 12.8. The summed E-state index contributed by atoms with van der Waals surface area (Å²) in [6, 6.07) is 10.4. The van der Waals surface area contributed by atoms with Crippen molar-refractivity contribution in [3.63, 3.8) is 0 Å². The molecule has 152 valence electrons. The predicted octanol–water partition coefficient (Wildman–Crippen LogP) is 3.72. The summed E-state index contributed by atoms with van der Waals surface area (Å²) < 4.78 is 43.5. The fourth-order valence-electron chi connectivity index (χ4n) is 2.61. The Morgan fingerprint density at radius 3 is 2.57 bits per heavy atom. The van der Waals surface area contributed by atoms with Crippen molar-refractivity contribution in [3.05, 3.63) is 59.2 Å². The van der Waals surface area contributed by atoms with E-state index >= 15 is 0 Å². The van der Waals surface area contributed by atoms with Gasteiger partial charge in [0.05, 0.1) is 19.2 Å². The summed E-state index contributed by atoms with van der Waals surface area (Å²) in [6.45, 7) is 3.10. The van der Waals surface area contributed by atoms with Crippen LogP contribution >= 0.6 is 0 Å². The average molecular weight is 395 g/mol. The highest BCUT2D eigenvalue weighted by atomic mass is 19.4. The molecule has 0 amide bonds. The standard InChI is InChI=1S/C20H24F3N3O2/c1-3-24-19(25-11-10-15-7-5-9-17(28-2)18(15)27)26-13-14-6-4-8-16(12-14)20(21,22)23/h4-9,12,27H,3,10-11,13H2,1-2H3,(H2,24,25,26). The van der Waals surface area contributed by atoms with Crippen LogP contribution in [0, 0.1) is 0 Å². The normalized spacial score (nSPS) is 12.0. The van der Waals surface area contributed by atoms with Crippen LogP contribution in [0.3, 0.4) is 0 Å². The first-order valence-electron chi connectivity index (χ1n) is 8.88. The van der Waals surface area contributed by atoms with Gasteiger partial charge in [-0.05, 0) is 42.7 Å². The molecule has 2 aromatic carbocycles. The molecule has 0 fully saturated rings. The molecule has 8 heteroatoms. The highest BCUT2D eigenvalue weighted by Gasteiger charge is 2.30. The van der Waals surface area contributed by atoms with Crippen LogP contribution in [-0.4, -0.2) is 31.3 Å². The Morgan fingerprint density at radius 1 is 1.14 bits per heavy atom. The minimum atomic E-state index is -4.37. The zero-order chi connectivity index (χ0) is 20.6. The molecule has 0 saturated carbocycles. The molecule has 0 heterocycles. The number of halogens is 3. The van der Waals surface area contributed by atoms with Gasteiger partial charge in [0.15, 0.2) is 17.5 Å². The molecule has 0 bridgehead atoms. The number of nitrogens with zero attached hydrogens (tertiary/aromatic N) is 1. The number of phenolic OH excluding ortho intramolecular Hbond substituents is 1. The molecule has 5 nitrogen and oxygen atoms in total. The van der Waals surface area contributed by atoms with Crippen molar-refractivity contribution in [3.8, 4) is 11.5 Å². The van der Waals surface area contributed by atoms with Crippen LogP contribution in [0.25, 0.3) is 0 Å². The van der Waals surface area contributed by atoms with Gasteiger partial charge in [-0.1, -0.05) is 24.3 Å². The number of aromatic hydroxyl groups is 1. The molecule has 0 unspecified atom stereocenters. The molecule has 0 aliphatic heterocycles. The van der Waals surface area contributed by atoms with Crippen LogP contribution < -0.4 is 15.4 Å². The molecule has 0 spiro atoms. The Balaban J connectivity index is 1.99. The van der Waals surface area contributed by atoms with E-state index in [1.807, 2.05) is 6.92 Å². The Bertz CT molecular complexity index is 808. The van der Waals surface area contributed by atoms with Crippen molar-refractivity contribution in [2.45, 2.75) is 26.1 Å². The minimum absolute atomic E-state index is 0.0951. The van der Waals surface area contributed by atoms with Crippen molar-refractivity contribution in [2.24, 2.45) is 4.99 Å². The summed E-state index contributed by atoms with van der Waals surface area (Å²) >= 11 is 0. The number of nitrogens with one attached hydrogen (secondary N) is 2. The number of rotatable bonds is 7. The lowest BCUT2D eigenvalue weighted by Gasteiger charge is -2.13. The highest BCUT2D eigenvalue weighted by molar-refractivity contribution is 5.79. The molecule has 0 aliphatic rings. The first kappa shape index (κ1) is 21.4. The zero-order valence-electron chi connectivity index (χ0n) is 15.8. The second kappa shape index (κ2) is 9.87. The summed E-state index contributed by atoms with van der Waals surface area (Å²) in [5.41, 5.74) is 0.504. The molecule has 2 aromatic rings. The molecule has 3 N–H and O–H groups in total.